The molecule has 0 fully saturated rings. The minimum atomic E-state index is -0.574. The van der Waals surface area contributed by atoms with Gasteiger partial charge in [-0.25, -0.2) is 4.39 Å². The number of benzene rings is 3. The molecular weight excluding hydrogens is 405 g/mol. The summed E-state index contributed by atoms with van der Waals surface area (Å²) in [5, 5.41) is 9.25. The Balaban J connectivity index is 0.00000300. The van der Waals surface area contributed by atoms with Crippen molar-refractivity contribution in [3.8, 4) is 11.1 Å². The number of aliphatic hydroxyl groups is 1. The lowest BCUT2D eigenvalue weighted by Crippen LogP contribution is -2.40. The van der Waals surface area contributed by atoms with Gasteiger partial charge < -0.3 is 10.8 Å². The van der Waals surface area contributed by atoms with E-state index in [2.05, 4.69) is 19.1 Å². The Bertz CT molecular complexity index is 927. The van der Waals surface area contributed by atoms with Gasteiger partial charge in [0.15, 0.2) is 0 Å². The fourth-order valence-corrected chi connectivity index (χ4v) is 3.74. The Hall–Kier alpha value is -1.85. The maximum absolute atomic E-state index is 14.7. The van der Waals surface area contributed by atoms with Crippen molar-refractivity contribution in [2.75, 3.05) is 6.61 Å². The molecule has 0 spiro atoms. The van der Waals surface area contributed by atoms with Crippen molar-refractivity contribution in [3.05, 3.63) is 83.7 Å². The predicted molar refractivity (Wildman–Crippen MR) is 122 cm³/mol. The van der Waals surface area contributed by atoms with E-state index in [1.165, 1.54) is 5.56 Å². The molecule has 0 aliphatic heterocycles. The van der Waals surface area contributed by atoms with Gasteiger partial charge in [-0.15, -0.1) is 12.4 Å². The van der Waals surface area contributed by atoms with Crippen LogP contribution in [0.3, 0.4) is 0 Å². The molecule has 3 rings (SSSR count). The van der Waals surface area contributed by atoms with E-state index in [9.17, 15) is 9.50 Å². The molecule has 3 aromatic rings. The molecule has 154 valence electrons. The highest BCUT2D eigenvalue weighted by molar-refractivity contribution is 7.99. The first kappa shape index (κ1) is 23.4. The lowest BCUT2D eigenvalue weighted by molar-refractivity contribution is 0.200. The van der Waals surface area contributed by atoms with Gasteiger partial charge in [-0.2, -0.15) is 0 Å². The van der Waals surface area contributed by atoms with Crippen LogP contribution in [0.5, 0.6) is 0 Å². The molecule has 5 heteroatoms. The highest BCUT2D eigenvalue weighted by Gasteiger charge is 2.16. The zero-order chi connectivity index (χ0) is 20.1. The van der Waals surface area contributed by atoms with Gasteiger partial charge in [0.1, 0.15) is 5.82 Å². The number of aryl methyl sites for hydroxylation is 2. The van der Waals surface area contributed by atoms with Crippen molar-refractivity contribution in [2.24, 2.45) is 5.73 Å². The molecule has 0 heterocycles. The van der Waals surface area contributed by atoms with Gasteiger partial charge in [0.2, 0.25) is 0 Å². The number of hydrogen-bond acceptors (Lipinski definition) is 3. The Kier molecular flexibility index (Phi) is 8.29. The molecule has 3 aromatic carbocycles. The molecule has 0 saturated carbocycles. The lowest BCUT2D eigenvalue weighted by Gasteiger charge is -2.21. The van der Waals surface area contributed by atoms with Gasteiger partial charge >= 0.3 is 0 Å². The summed E-state index contributed by atoms with van der Waals surface area (Å²) in [6.45, 7) is 3.85. The van der Waals surface area contributed by atoms with Crippen LogP contribution in [0.2, 0.25) is 0 Å². The maximum Gasteiger partial charge on any atom is 0.132 e. The summed E-state index contributed by atoms with van der Waals surface area (Å²) >= 11 is 1.56. The summed E-state index contributed by atoms with van der Waals surface area (Å²) in [4.78, 5) is 1.98. The quantitative estimate of drug-likeness (QED) is 0.481. The normalized spacial score (nSPS) is 12.9. The fraction of sp³-hybridized carbons (Fsp3) is 0.250. The van der Waals surface area contributed by atoms with Crippen molar-refractivity contribution in [1.82, 2.24) is 0 Å². The third-order valence-electron chi connectivity index (χ3n) is 4.81. The van der Waals surface area contributed by atoms with Gasteiger partial charge in [0.25, 0.3) is 0 Å². The minimum absolute atomic E-state index is 0. The van der Waals surface area contributed by atoms with Gasteiger partial charge in [-0.1, -0.05) is 59.8 Å². The van der Waals surface area contributed by atoms with Crippen molar-refractivity contribution >= 4 is 24.2 Å². The smallest absolute Gasteiger partial charge is 0.132 e. The largest absolute Gasteiger partial charge is 0.394 e. The van der Waals surface area contributed by atoms with Crippen LogP contribution in [0.4, 0.5) is 4.39 Å². The number of nitrogens with two attached hydrogens (primary N) is 1. The van der Waals surface area contributed by atoms with Crippen LogP contribution in [0.15, 0.2) is 76.5 Å². The number of aliphatic hydroxyl groups excluding tert-OH is 1. The van der Waals surface area contributed by atoms with Gasteiger partial charge in [0, 0.05) is 20.9 Å². The highest BCUT2D eigenvalue weighted by atomic mass is 35.5. The van der Waals surface area contributed by atoms with Gasteiger partial charge in [-0.3, -0.25) is 0 Å². The summed E-state index contributed by atoms with van der Waals surface area (Å²) in [6.07, 6.45) is 1.48. The Labute approximate surface area is 182 Å². The van der Waals surface area contributed by atoms with E-state index in [1.807, 2.05) is 55.5 Å². The lowest BCUT2D eigenvalue weighted by atomic mass is 9.94. The number of hydrogen-bond donors (Lipinski definition) is 2. The molecule has 0 aliphatic carbocycles. The SMILES string of the molecule is Cc1ccc(Sc2ccc(-c3ccc(CCC(C)(N)CO)cc3)c(F)c2)cc1.Cl. The zero-order valence-corrected chi connectivity index (χ0v) is 18.3. The average Bonchev–Trinajstić information content (AvgIpc) is 2.69. The summed E-state index contributed by atoms with van der Waals surface area (Å²) in [5.74, 6) is -0.223. The van der Waals surface area contributed by atoms with Gasteiger partial charge in [0.05, 0.1) is 6.61 Å². The zero-order valence-electron chi connectivity index (χ0n) is 16.7. The average molecular weight is 432 g/mol. The maximum atomic E-state index is 14.7. The first-order chi connectivity index (χ1) is 13.4. The minimum Gasteiger partial charge on any atom is -0.394 e. The van der Waals surface area contributed by atoms with Crippen LogP contribution in [-0.4, -0.2) is 17.3 Å². The van der Waals surface area contributed by atoms with Crippen molar-refractivity contribution in [1.29, 1.82) is 0 Å². The third-order valence-corrected chi connectivity index (χ3v) is 5.81. The van der Waals surface area contributed by atoms with E-state index in [0.29, 0.717) is 12.0 Å². The first-order valence-electron chi connectivity index (χ1n) is 9.39. The Morgan fingerprint density at radius 3 is 2.17 bits per heavy atom. The Morgan fingerprint density at radius 1 is 0.966 bits per heavy atom. The van der Waals surface area contributed by atoms with E-state index < -0.39 is 5.54 Å². The molecule has 0 aliphatic rings. The second kappa shape index (κ2) is 10.3. The van der Waals surface area contributed by atoms with Crippen molar-refractivity contribution in [3.63, 3.8) is 0 Å². The molecule has 0 saturated heterocycles. The third kappa shape index (κ3) is 6.58. The topological polar surface area (TPSA) is 46.2 Å². The molecular formula is C24H27ClFNOS. The van der Waals surface area contributed by atoms with Crippen LogP contribution in [0, 0.1) is 12.7 Å². The van der Waals surface area contributed by atoms with Crippen molar-refractivity contribution in [2.45, 2.75) is 42.0 Å². The van der Waals surface area contributed by atoms with Crippen LogP contribution < -0.4 is 5.73 Å². The van der Waals surface area contributed by atoms with E-state index >= 15 is 0 Å². The molecule has 1 atom stereocenters. The number of rotatable bonds is 7. The fourth-order valence-electron chi connectivity index (χ4n) is 2.90. The molecule has 2 nitrogen and oxygen atoms in total. The van der Waals surface area contributed by atoms with E-state index in [0.717, 1.165) is 27.3 Å². The van der Waals surface area contributed by atoms with Crippen LogP contribution in [0.1, 0.15) is 24.5 Å². The molecule has 29 heavy (non-hydrogen) atoms. The number of halogens is 2. The van der Waals surface area contributed by atoms with Crippen LogP contribution in [-0.2, 0) is 6.42 Å². The Morgan fingerprint density at radius 2 is 1.59 bits per heavy atom. The molecule has 1 unspecified atom stereocenters. The first-order valence-corrected chi connectivity index (χ1v) is 10.2. The summed E-state index contributed by atoms with van der Waals surface area (Å²) in [7, 11) is 0. The predicted octanol–water partition coefficient (Wildman–Crippen LogP) is 6.02. The summed E-state index contributed by atoms with van der Waals surface area (Å²) < 4.78 is 14.7. The van der Waals surface area contributed by atoms with Crippen LogP contribution in [0.25, 0.3) is 11.1 Å². The molecule has 3 N–H and O–H groups in total. The van der Waals surface area contributed by atoms with Crippen molar-refractivity contribution < 1.29 is 9.50 Å². The standard InChI is InChI=1S/C24H26FNOS.ClH/c1-17-3-9-20(10-4-17)28-21-11-12-22(23(25)15-21)19-7-5-18(6-8-19)13-14-24(2,26)16-27;/h3-12,15,27H,13-14,16,26H2,1-2H3;1H. The summed E-state index contributed by atoms with van der Waals surface area (Å²) in [6, 6.07) is 21.5. The van der Waals surface area contributed by atoms with Gasteiger partial charge in [-0.05, 0) is 62.1 Å². The second-order valence-electron chi connectivity index (χ2n) is 7.57. The van der Waals surface area contributed by atoms with E-state index in [-0.39, 0.29) is 24.8 Å². The second-order valence-corrected chi connectivity index (χ2v) is 8.71. The van der Waals surface area contributed by atoms with E-state index in [1.54, 1.807) is 17.8 Å². The molecule has 0 amide bonds. The molecule has 0 aromatic heterocycles. The summed E-state index contributed by atoms with van der Waals surface area (Å²) in [5.41, 5.74) is 9.19. The molecule has 0 bridgehead atoms. The monoisotopic (exact) mass is 431 g/mol. The highest BCUT2D eigenvalue weighted by Crippen LogP contribution is 2.32. The van der Waals surface area contributed by atoms with Crippen LogP contribution >= 0.6 is 24.2 Å². The molecule has 0 radical (unpaired) electrons. The van der Waals surface area contributed by atoms with E-state index in [4.69, 9.17) is 5.73 Å².